The molecule has 1 aliphatic heterocycles. The van der Waals surface area contributed by atoms with Gasteiger partial charge in [-0.25, -0.2) is 14.4 Å². The molecule has 1 atom stereocenters. The zero-order valence-electron chi connectivity index (χ0n) is 18.7. The molecule has 0 spiro atoms. The van der Waals surface area contributed by atoms with E-state index in [9.17, 15) is 9.18 Å². The molecule has 2 aliphatic rings. The minimum Gasteiger partial charge on any atom is -0.494 e. The van der Waals surface area contributed by atoms with Gasteiger partial charge in [0.1, 0.15) is 23.3 Å². The minimum atomic E-state index is -0.451. The van der Waals surface area contributed by atoms with Crippen LogP contribution in [0.2, 0.25) is 0 Å². The van der Waals surface area contributed by atoms with Crippen LogP contribution < -0.4 is 15.8 Å². The molecule has 178 valence electrons. The molecule has 1 aromatic heterocycles. The van der Waals surface area contributed by atoms with Gasteiger partial charge < -0.3 is 20.6 Å². The van der Waals surface area contributed by atoms with Gasteiger partial charge in [0.25, 0.3) is 5.91 Å². The van der Waals surface area contributed by atoms with Crippen molar-refractivity contribution in [2.24, 2.45) is 16.8 Å². The lowest BCUT2D eigenvalue weighted by atomic mass is 9.81. The number of hydrogen-bond donors (Lipinski definition) is 2. The number of ether oxygens (including phenoxy) is 1. The van der Waals surface area contributed by atoms with Crippen LogP contribution in [0.1, 0.15) is 59.7 Å². The Morgan fingerprint density at radius 1 is 1.24 bits per heavy atom. The summed E-state index contributed by atoms with van der Waals surface area (Å²) in [5.74, 6) is 0.246. The summed E-state index contributed by atoms with van der Waals surface area (Å²) in [6, 6.07) is 6.37. The lowest BCUT2D eigenvalue weighted by Crippen LogP contribution is -2.32. The molecular formula is C23H29ClFN5O3. The van der Waals surface area contributed by atoms with Crippen molar-refractivity contribution in [2.75, 3.05) is 7.11 Å². The number of halogens is 2. The second-order valence-corrected chi connectivity index (χ2v) is 8.40. The first-order valence-electron chi connectivity index (χ1n) is 10.9. The van der Waals surface area contributed by atoms with Gasteiger partial charge in [0.05, 0.1) is 12.8 Å². The summed E-state index contributed by atoms with van der Waals surface area (Å²) in [5.41, 5.74) is 8.30. The highest BCUT2D eigenvalue weighted by Gasteiger charge is 2.33. The van der Waals surface area contributed by atoms with Crippen LogP contribution in [-0.4, -0.2) is 40.8 Å². The van der Waals surface area contributed by atoms with Crippen molar-refractivity contribution >= 4 is 24.0 Å². The Labute approximate surface area is 198 Å². The Hall–Kier alpha value is -2.78. The first-order valence-corrected chi connectivity index (χ1v) is 10.9. The average molecular weight is 478 g/mol. The van der Waals surface area contributed by atoms with E-state index in [-0.39, 0.29) is 48.4 Å². The summed E-state index contributed by atoms with van der Waals surface area (Å²) < 4.78 is 18.6. The fourth-order valence-corrected chi connectivity index (χ4v) is 4.24. The van der Waals surface area contributed by atoms with Crippen LogP contribution in [0.3, 0.4) is 0 Å². The third-order valence-electron chi connectivity index (χ3n) is 6.07. The lowest BCUT2D eigenvalue weighted by Gasteiger charge is -2.28. The zero-order valence-corrected chi connectivity index (χ0v) is 19.5. The molecule has 10 heteroatoms. The average Bonchev–Trinajstić information content (AvgIpc) is 3.29. The monoisotopic (exact) mass is 477 g/mol. The van der Waals surface area contributed by atoms with Crippen LogP contribution in [0, 0.1) is 18.7 Å². The molecule has 1 aromatic carbocycles. The second-order valence-electron chi connectivity index (χ2n) is 8.40. The van der Waals surface area contributed by atoms with E-state index in [0.717, 1.165) is 31.4 Å². The summed E-state index contributed by atoms with van der Waals surface area (Å²) >= 11 is 0. The maximum absolute atomic E-state index is 13.6. The molecule has 3 N–H and O–H groups in total. The van der Waals surface area contributed by atoms with Crippen LogP contribution in [0.25, 0.3) is 0 Å². The van der Waals surface area contributed by atoms with Crippen molar-refractivity contribution in [2.45, 2.75) is 57.7 Å². The molecule has 0 radical (unpaired) electrons. The Kier molecular flexibility index (Phi) is 8.20. The van der Waals surface area contributed by atoms with Gasteiger partial charge in [0, 0.05) is 19.0 Å². The molecule has 4 rings (SSSR count). The summed E-state index contributed by atoms with van der Waals surface area (Å²) in [7, 11) is 1.40. The fourth-order valence-electron chi connectivity index (χ4n) is 4.24. The number of amides is 1. The number of aromatic nitrogens is 2. The van der Waals surface area contributed by atoms with Gasteiger partial charge in [-0.05, 0) is 62.3 Å². The van der Waals surface area contributed by atoms with E-state index in [1.165, 1.54) is 13.2 Å². The van der Waals surface area contributed by atoms with E-state index in [1.54, 1.807) is 25.1 Å². The van der Waals surface area contributed by atoms with Gasteiger partial charge in [-0.1, -0.05) is 11.2 Å². The van der Waals surface area contributed by atoms with Gasteiger partial charge in [0.2, 0.25) is 0 Å². The van der Waals surface area contributed by atoms with Crippen molar-refractivity contribution in [3.8, 4) is 5.75 Å². The number of benzene rings is 1. The molecule has 1 amide bonds. The van der Waals surface area contributed by atoms with Gasteiger partial charge in [0.15, 0.2) is 11.6 Å². The van der Waals surface area contributed by atoms with Crippen LogP contribution in [0.15, 0.2) is 29.4 Å². The van der Waals surface area contributed by atoms with Crippen molar-refractivity contribution in [1.29, 1.82) is 0 Å². The van der Waals surface area contributed by atoms with Crippen molar-refractivity contribution in [3.05, 3.63) is 52.9 Å². The van der Waals surface area contributed by atoms with Crippen LogP contribution >= 0.6 is 12.4 Å². The van der Waals surface area contributed by atoms with E-state index in [2.05, 4.69) is 20.4 Å². The number of aryl methyl sites for hydroxylation is 1. The smallest absolute Gasteiger partial charge is 0.270 e. The highest BCUT2D eigenvalue weighted by molar-refractivity contribution is 6.01. The molecule has 1 aliphatic carbocycles. The number of rotatable bonds is 6. The quantitative estimate of drug-likeness (QED) is 0.660. The van der Waals surface area contributed by atoms with E-state index in [1.807, 2.05) is 0 Å². The summed E-state index contributed by atoms with van der Waals surface area (Å²) in [4.78, 5) is 27.2. The number of oxime groups is 1. The lowest BCUT2D eigenvalue weighted by molar-refractivity contribution is 0.0249. The molecular weight excluding hydrogens is 449 g/mol. The summed E-state index contributed by atoms with van der Waals surface area (Å²) in [6.45, 7) is 1.95. The maximum Gasteiger partial charge on any atom is 0.270 e. The molecule has 2 aromatic rings. The third-order valence-corrected chi connectivity index (χ3v) is 6.07. The first-order chi connectivity index (χ1) is 15.4. The van der Waals surface area contributed by atoms with E-state index < -0.39 is 5.82 Å². The van der Waals surface area contributed by atoms with E-state index >= 15 is 0 Å². The minimum absolute atomic E-state index is 0. The van der Waals surface area contributed by atoms with Gasteiger partial charge in [-0.15, -0.1) is 12.4 Å². The van der Waals surface area contributed by atoms with E-state index in [0.29, 0.717) is 29.4 Å². The number of carbonyl (C=O) groups is 1. The van der Waals surface area contributed by atoms with Crippen LogP contribution in [0.5, 0.6) is 5.75 Å². The Morgan fingerprint density at radius 3 is 2.73 bits per heavy atom. The summed E-state index contributed by atoms with van der Waals surface area (Å²) in [5, 5.41) is 7.06. The highest BCUT2D eigenvalue weighted by atomic mass is 35.5. The second kappa shape index (κ2) is 10.9. The van der Waals surface area contributed by atoms with Gasteiger partial charge in [-0.3, -0.25) is 4.79 Å². The maximum atomic E-state index is 13.6. The highest BCUT2D eigenvalue weighted by Crippen LogP contribution is 2.32. The number of nitrogens with two attached hydrogens (primary N) is 1. The van der Waals surface area contributed by atoms with Crippen LogP contribution in [-0.2, 0) is 11.4 Å². The number of nitrogens with zero attached hydrogens (tertiary/aromatic N) is 3. The van der Waals surface area contributed by atoms with Crippen molar-refractivity contribution in [3.63, 3.8) is 0 Å². The SMILES string of the molecule is COc1cc(CNC(=O)c2cc(C3=NOC(C4CCC(N)CC4)C3)nc(C)n2)ccc1F.Cl. The molecule has 1 unspecified atom stereocenters. The zero-order chi connectivity index (χ0) is 22.7. The molecule has 2 heterocycles. The molecule has 33 heavy (non-hydrogen) atoms. The van der Waals surface area contributed by atoms with Crippen LogP contribution in [0.4, 0.5) is 4.39 Å². The summed E-state index contributed by atoms with van der Waals surface area (Å²) in [6.07, 6.45) is 4.79. The van der Waals surface area contributed by atoms with E-state index in [4.69, 9.17) is 15.3 Å². The molecule has 1 saturated carbocycles. The predicted octanol–water partition coefficient (Wildman–Crippen LogP) is 3.30. The molecule has 8 nitrogen and oxygen atoms in total. The number of carbonyl (C=O) groups excluding carboxylic acids is 1. The first kappa shape index (κ1) is 24.9. The number of hydrogen-bond acceptors (Lipinski definition) is 7. The topological polar surface area (TPSA) is 112 Å². The van der Waals surface area contributed by atoms with Gasteiger partial charge in [-0.2, -0.15) is 0 Å². The van der Waals surface area contributed by atoms with Gasteiger partial charge >= 0.3 is 0 Å². The normalized spacial score (nSPS) is 22.1. The largest absolute Gasteiger partial charge is 0.494 e. The fraction of sp³-hybridized carbons (Fsp3) is 0.478. The number of nitrogens with one attached hydrogen (secondary N) is 1. The Balaban J connectivity index is 0.00000306. The van der Waals surface area contributed by atoms with Crippen molar-refractivity contribution < 1.29 is 18.8 Å². The van der Waals surface area contributed by atoms with Crippen molar-refractivity contribution in [1.82, 2.24) is 15.3 Å². The molecule has 1 fully saturated rings. The molecule has 0 saturated heterocycles. The Morgan fingerprint density at radius 2 is 2.00 bits per heavy atom. The number of methoxy groups -OCH3 is 1. The molecule has 0 bridgehead atoms. The predicted molar refractivity (Wildman–Crippen MR) is 124 cm³/mol. The third kappa shape index (κ3) is 5.97. The Bertz CT molecular complexity index is 1030. The standard InChI is InChI=1S/C23H28FN5O3.ClH/c1-13-27-18(19-11-21(32-29-19)15-4-6-16(25)7-5-15)10-20(28-13)23(30)26-12-14-3-8-17(24)22(9-14)31-2;/h3,8-10,15-16,21H,4-7,11-12,25H2,1-2H3,(H,26,30);1H.